The Bertz CT molecular complexity index is 1480. The van der Waals surface area contributed by atoms with Crippen molar-refractivity contribution in [2.45, 2.75) is 76.5 Å². The minimum atomic E-state index is -4.84. The predicted octanol–water partition coefficient (Wildman–Crippen LogP) is 6.22. The molecule has 2 fully saturated rings. The maximum atomic E-state index is 13.5. The number of rotatable bonds is 8. The molecule has 1 aliphatic carbocycles. The number of hydrogen-bond acceptors (Lipinski definition) is 8. The van der Waals surface area contributed by atoms with Gasteiger partial charge in [-0.25, -0.2) is 9.37 Å². The third-order valence-electron chi connectivity index (χ3n) is 8.15. The molecule has 1 unspecified atom stereocenters. The van der Waals surface area contributed by atoms with E-state index < -0.39 is 22.4 Å². The number of ether oxygens (including phenoxy) is 1. The Hall–Kier alpha value is -3.36. The number of nitrogens with zero attached hydrogens (tertiary/aromatic N) is 4. The molecule has 3 aromatic rings. The number of carbonyl (C=O) groups is 1. The topological polar surface area (TPSA) is 101 Å². The Kier molecular flexibility index (Phi) is 9.18. The number of nitro groups is 1. The van der Waals surface area contributed by atoms with E-state index in [0.29, 0.717) is 50.8 Å². The van der Waals surface area contributed by atoms with E-state index in [9.17, 15) is 32.5 Å². The molecule has 43 heavy (non-hydrogen) atoms. The molecular weight excluding hydrogens is 590 g/mol. The molecule has 0 spiro atoms. The van der Waals surface area contributed by atoms with Gasteiger partial charge in [-0.15, -0.1) is 11.3 Å². The molecule has 0 bridgehead atoms. The fourth-order valence-electron chi connectivity index (χ4n) is 5.85. The highest BCUT2D eigenvalue weighted by Crippen LogP contribution is 2.38. The summed E-state index contributed by atoms with van der Waals surface area (Å²) in [4.78, 5) is 31.8. The highest BCUT2D eigenvalue weighted by molar-refractivity contribution is 7.18. The van der Waals surface area contributed by atoms with Crippen LogP contribution < -0.4 is 5.32 Å². The first-order valence-electron chi connectivity index (χ1n) is 14.2. The van der Waals surface area contributed by atoms with Crippen LogP contribution in [0.5, 0.6) is 0 Å². The van der Waals surface area contributed by atoms with Crippen LogP contribution in [-0.4, -0.2) is 69.5 Å². The molecule has 1 saturated carbocycles. The SMILES string of the molecule is CC1CN(Cc2nc3cc(F)ccc3s2)[C@H](C)CN1C(=O)COC1CCC(Nc2ccc([N+](=O)[O-])c(C(F)(F)F)c2)CC1. The number of thiazole rings is 1. The maximum absolute atomic E-state index is 13.5. The molecule has 5 rings (SSSR count). The van der Waals surface area contributed by atoms with Crippen molar-refractivity contribution < 1.29 is 32.0 Å². The van der Waals surface area contributed by atoms with Crippen molar-refractivity contribution in [2.75, 3.05) is 25.0 Å². The fraction of sp³-hybridized carbons (Fsp3) is 0.517. The van der Waals surface area contributed by atoms with E-state index in [1.165, 1.54) is 18.2 Å². The van der Waals surface area contributed by atoms with Crippen LogP contribution >= 0.6 is 11.3 Å². The average molecular weight is 624 g/mol. The lowest BCUT2D eigenvalue weighted by atomic mass is 9.92. The number of benzene rings is 2. The highest BCUT2D eigenvalue weighted by atomic mass is 32.1. The summed E-state index contributed by atoms with van der Waals surface area (Å²) in [6, 6.07) is 7.51. The van der Waals surface area contributed by atoms with Gasteiger partial charge in [-0.2, -0.15) is 13.2 Å². The number of nitro benzene ring substituents is 1. The van der Waals surface area contributed by atoms with Gasteiger partial charge in [0.25, 0.3) is 5.69 Å². The van der Waals surface area contributed by atoms with Crippen LogP contribution in [0, 0.1) is 15.9 Å². The minimum absolute atomic E-state index is 0.0256. The molecule has 0 radical (unpaired) electrons. The zero-order chi connectivity index (χ0) is 30.9. The fourth-order valence-corrected chi connectivity index (χ4v) is 6.82. The number of carbonyl (C=O) groups excluding carboxylic acids is 1. The van der Waals surface area contributed by atoms with Gasteiger partial charge < -0.3 is 15.0 Å². The normalized spacial score (nSPS) is 23.4. The van der Waals surface area contributed by atoms with Crippen LogP contribution in [0.2, 0.25) is 0 Å². The van der Waals surface area contributed by atoms with Gasteiger partial charge in [0.1, 0.15) is 23.0 Å². The summed E-state index contributed by atoms with van der Waals surface area (Å²) in [5.41, 5.74) is -1.43. The molecule has 2 aliphatic rings. The van der Waals surface area contributed by atoms with Crippen LogP contribution in [0.15, 0.2) is 36.4 Å². The van der Waals surface area contributed by atoms with Gasteiger partial charge in [0, 0.05) is 49.0 Å². The molecule has 9 nitrogen and oxygen atoms in total. The number of halogens is 4. The zero-order valence-electron chi connectivity index (χ0n) is 23.8. The van der Waals surface area contributed by atoms with E-state index in [4.69, 9.17) is 4.74 Å². The van der Waals surface area contributed by atoms with Crippen LogP contribution in [-0.2, 0) is 22.3 Å². The highest BCUT2D eigenvalue weighted by Gasteiger charge is 2.39. The van der Waals surface area contributed by atoms with Crippen molar-refractivity contribution in [1.82, 2.24) is 14.8 Å². The van der Waals surface area contributed by atoms with E-state index in [0.717, 1.165) is 21.8 Å². The molecule has 2 heterocycles. The second-order valence-electron chi connectivity index (χ2n) is 11.3. The molecule has 14 heteroatoms. The summed E-state index contributed by atoms with van der Waals surface area (Å²) in [6.07, 6.45) is -2.45. The Morgan fingerprint density at radius 3 is 2.56 bits per heavy atom. The minimum Gasteiger partial charge on any atom is -0.382 e. The first kappa shape index (κ1) is 31.1. The van der Waals surface area contributed by atoms with Gasteiger partial charge in [-0.3, -0.25) is 19.8 Å². The van der Waals surface area contributed by atoms with Crippen molar-refractivity contribution in [3.8, 4) is 0 Å². The van der Waals surface area contributed by atoms with E-state index >= 15 is 0 Å². The zero-order valence-corrected chi connectivity index (χ0v) is 24.6. The number of amides is 1. The summed E-state index contributed by atoms with van der Waals surface area (Å²) in [5.74, 6) is -0.393. The second-order valence-corrected chi connectivity index (χ2v) is 12.4. The third-order valence-corrected chi connectivity index (χ3v) is 9.17. The Morgan fingerprint density at radius 1 is 1.12 bits per heavy atom. The van der Waals surface area contributed by atoms with Crippen molar-refractivity contribution in [2.24, 2.45) is 0 Å². The Balaban J connectivity index is 1.08. The molecule has 1 amide bonds. The van der Waals surface area contributed by atoms with Crippen LogP contribution in [0.3, 0.4) is 0 Å². The first-order valence-corrected chi connectivity index (χ1v) is 15.0. The quantitative estimate of drug-likeness (QED) is 0.181. The molecule has 1 saturated heterocycles. The van der Waals surface area contributed by atoms with E-state index in [1.54, 1.807) is 17.4 Å². The summed E-state index contributed by atoms with van der Waals surface area (Å²) in [7, 11) is 0. The summed E-state index contributed by atoms with van der Waals surface area (Å²) in [5, 5.41) is 15.0. The lowest BCUT2D eigenvalue weighted by Crippen LogP contribution is -2.58. The number of piperazine rings is 1. The summed E-state index contributed by atoms with van der Waals surface area (Å²) >= 11 is 1.54. The smallest absolute Gasteiger partial charge is 0.382 e. The van der Waals surface area contributed by atoms with Crippen molar-refractivity contribution in [1.29, 1.82) is 0 Å². The van der Waals surface area contributed by atoms with Gasteiger partial charge in [-0.1, -0.05) is 0 Å². The Labute approximate surface area is 250 Å². The molecule has 232 valence electrons. The summed E-state index contributed by atoms with van der Waals surface area (Å²) in [6.45, 7) is 5.88. The third kappa shape index (κ3) is 7.42. The number of fused-ring (bicyclic) bond motifs is 1. The molecule has 1 aromatic heterocycles. The number of aromatic nitrogens is 1. The number of anilines is 1. The molecule has 2 aromatic carbocycles. The van der Waals surface area contributed by atoms with Gasteiger partial charge in [0.15, 0.2) is 0 Å². The second kappa shape index (κ2) is 12.7. The largest absolute Gasteiger partial charge is 0.423 e. The van der Waals surface area contributed by atoms with Crippen molar-refractivity contribution in [3.05, 3.63) is 62.9 Å². The van der Waals surface area contributed by atoms with Crippen LogP contribution in [0.25, 0.3) is 10.2 Å². The van der Waals surface area contributed by atoms with Gasteiger partial charge in [-0.05, 0) is 63.8 Å². The predicted molar refractivity (Wildman–Crippen MR) is 154 cm³/mol. The molecule has 1 aliphatic heterocycles. The maximum Gasteiger partial charge on any atom is 0.423 e. The standard InChI is InChI=1S/C29H33F4N5O4S/c1-17-14-37(18(2)13-36(17)15-27-35-24-11-19(30)3-10-26(24)43-27)28(39)16-42-22-7-4-20(5-8-22)34-21-6-9-25(38(40)41)23(12-21)29(31,32)33/h3,6,9-12,17-18,20,22,34H,4-5,7-8,13-16H2,1-2H3/t17-,18?,20?,22?/m1/s1. The monoisotopic (exact) mass is 623 g/mol. The lowest BCUT2D eigenvalue weighted by Gasteiger charge is -2.44. The van der Waals surface area contributed by atoms with Crippen molar-refractivity contribution >= 4 is 38.8 Å². The van der Waals surface area contributed by atoms with Crippen molar-refractivity contribution in [3.63, 3.8) is 0 Å². The van der Waals surface area contributed by atoms with E-state index in [2.05, 4.69) is 22.1 Å². The number of hydrogen-bond donors (Lipinski definition) is 1. The number of alkyl halides is 3. The van der Waals surface area contributed by atoms with Crippen LogP contribution in [0.1, 0.15) is 50.1 Å². The lowest BCUT2D eigenvalue weighted by molar-refractivity contribution is -0.388. The van der Waals surface area contributed by atoms with E-state index in [-0.39, 0.29) is 48.2 Å². The van der Waals surface area contributed by atoms with Gasteiger partial charge >= 0.3 is 6.18 Å². The Morgan fingerprint density at radius 2 is 1.86 bits per heavy atom. The molecular formula is C29H33F4N5O4S. The molecule has 2 atom stereocenters. The van der Waals surface area contributed by atoms with Crippen LogP contribution in [0.4, 0.5) is 28.9 Å². The van der Waals surface area contributed by atoms with E-state index in [1.807, 2.05) is 11.8 Å². The average Bonchev–Trinajstić information content (AvgIpc) is 3.35. The van der Waals surface area contributed by atoms with Gasteiger partial charge in [0.05, 0.1) is 27.8 Å². The molecule has 1 N–H and O–H groups in total. The summed E-state index contributed by atoms with van der Waals surface area (Å²) < 4.78 is 60.4. The first-order chi connectivity index (χ1) is 20.4. The number of nitrogens with one attached hydrogen (secondary N) is 1. The van der Waals surface area contributed by atoms with Gasteiger partial charge in [0.2, 0.25) is 5.91 Å².